The van der Waals surface area contributed by atoms with Gasteiger partial charge in [0.1, 0.15) is 5.78 Å². The molecule has 1 aliphatic rings. The van der Waals surface area contributed by atoms with Crippen LogP contribution in [0.5, 0.6) is 0 Å². The zero-order valence-electron chi connectivity index (χ0n) is 9.62. The molecule has 0 aliphatic carbocycles. The number of carbonyl (C=O) groups is 1. The van der Waals surface area contributed by atoms with E-state index in [2.05, 4.69) is 23.8 Å². The SMILES string of the molecule is CCC1CN(CCC(C)=O)CCN1C. The highest BCUT2D eigenvalue weighted by Gasteiger charge is 2.22. The van der Waals surface area contributed by atoms with Crippen LogP contribution in [0.25, 0.3) is 0 Å². The Hall–Kier alpha value is -0.410. The van der Waals surface area contributed by atoms with Gasteiger partial charge in [-0.25, -0.2) is 0 Å². The van der Waals surface area contributed by atoms with Crippen molar-refractivity contribution in [1.82, 2.24) is 9.80 Å². The molecule has 0 saturated carbocycles. The molecule has 0 aromatic carbocycles. The molecule has 0 amide bonds. The Morgan fingerprint density at radius 1 is 1.43 bits per heavy atom. The van der Waals surface area contributed by atoms with Gasteiger partial charge in [0.25, 0.3) is 0 Å². The first-order valence-electron chi connectivity index (χ1n) is 5.55. The maximum absolute atomic E-state index is 10.9. The fourth-order valence-electron chi connectivity index (χ4n) is 1.97. The minimum Gasteiger partial charge on any atom is -0.301 e. The second-order valence-electron chi connectivity index (χ2n) is 4.30. The van der Waals surface area contributed by atoms with Crippen molar-refractivity contribution < 1.29 is 4.79 Å². The molecule has 3 heteroatoms. The Morgan fingerprint density at radius 3 is 2.71 bits per heavy atom. The molecule has 0 radical (unpaired) electrons. The summed E-state index contributed by atoms with van der Waals surface area (Å²) in [4.78, 5) is 15.7. The largest absolute Gasteiger partial charge is 0.301 e. The molecule has 0 bridgehead atoms. The smallest absolute Gasteiger partial charge is 0.131 e. The first kappa shape index (κ1) is 11.7. The van der Waals surface area contributed by atoms with Crippen LogP contribution in [0.4, 0.5) is 0 Å². The highest BCUT2D eigenvalue weighted by Crippen LogP contribution is 2.10. The van der Waals surface area contributed by atoms with Crippen LogP contribution < -0.4 is 0 Å². The van der Waals surface area contributed by atoms with Gasteiger partial charge in [0.05, 0.1) is 0 Å². The van der Waals surface area contributed by atoms with Crippen LogP contribution in [-0.2, 0) is 4.79 Å². The van der Waals surface area contributed by atoms with Gasteiger partial charge in [0, 0.05) is 38.6 Å². The van der Waals surface area contributed by atoms with E-state index in [-0.39, 0.29) is 0 Å². The van der Waals surface area contributed by atoms with Gasteiger partial charge in [0.2, 0.25) is 0 Å². The summed E-state index contributed by atoms with van der Waals surface area (Å²) in [6.45, 7) is 8.22. The second kappa shape index (κ2) is 5.47. The van der Waals surface area contributed by atoms with Gasteiger partial charge in [-0.05, 0) is 20.4 Å². The molecule has 1 aliphatic heterocycles. The van der Waals surface area contributed by atoms with Gasteiger partial charge in [0.15, 0.2) is 0 Å². The zero-order chi connectivity index (χ0) is 10.6. The van der Waals surface area contributed by atoms with E-state index < -0.39 is 0 Å². The number of carbonyl (C=O) groups excluding carboxylic acids is 1. The molecule has 0 spiro atoms. The predicted octanol–water partition coefficient (Wildman–Crippen LogP) is 0.992. The number of nitrogens with zero attached hydrogens (tertiary/aromatic N) is 2. The molecule has 0 aromatic heterocycles. The van der Waals surface area contributed by atoms with E-state index in [1.54, 1.807) is 6.92 Å². The minimum atomic E-state index is 0.303. The lowest BCUT2D eigenvalue weighted by Gasteiger charge is -2.39. The van der Waals surface area contributed by atoms with Crippen molar-refractivity contribution in [3.05, 3.63) is 0 Å². The standard InChI is InChI=1S/C11H22N2O/c1-4-11-9-13(6-5-10(2)14)8-7-12(11)3/h11H,4-9H2,1-3H3. The molecule has 0 N–H and O–H groups in total. The summed E-state index contributed by atoms with van der Waals surface area (Å²) in [5.41, 5.74) is 0. The fourth-order valence-corrected chi connectivity index (χ4v) is 1.97. The van der Waals surface area contributed by atoms with Gasteiger partial charge < -0.3 is 9.80 Å². The number of piperazine rings is 1. The third-order valence-electron chi connectivity index (χ3n) is 3.11. The van der Waals surface area contributed by atoms with Crippen LogP contribution in [0.2, 0.25) is 0 Å². The molecule has 1 heterocycles. The molecule has 14 heavy (non-hydrogen) atoms. The Labute approximate surface area is 87.1 Å². The summed E-state index contributed by atoms with van der Waals surface area (Å²) in [7, 11) is 2.19. The molecule has 1 rings (SSSR count). The van der Waals surface area contributed by atoms with E-state index in [0.717, 1.165) is 26.2 Å². The second-order valence-corrected chi connectivity index (χ2v) is 4.30. The molecule has 1 atom stereocenters. The van der Waals surface area contributed by atoms with Crippen molar-refractivity contribution in [2.45, 2.75) is 32.7 Å². The zero-order valence-corrected chi connectivity index (χ0v) is 9.62. The third kappa shape index (κ3) is 3.39. The molecule has 1 fully saturated rings. The van der Waals surface area contributed by atoms with Crippen molar-refractivity contribution >= 4 is 5.78 Å². The molecular weight excluding hydrogens is 176 g/mol. The Kier molecular flexibility index (Phi) is 4.55. The predicted molar refractivity (Wildman–Crippen MR) is 58.4 cm³/mol. The highest BCUT2D eigenvalue weighted by molar-refractivity contribution is 5.75. The molecule has 1 unspecified atom stereocenters. The lowest BCUT2D eigenvalue weighted by molar-refractivity contribution is -0.117. The van der Waals surface area contributed by atoms with Crippen LogP contribution in [0.15, 0.2) is 0 Å². The van der Waals surface area contributed by atoms with E-state index in [1.165, 1.54) is 6.42 Å². The Morgan fingerprint density at radius 2 is 2.14 bits per heavy atom. The van der Waals surface area contributed by atoms with Gasteiger partial charge >= 0.3 is 0 Å². The number of hydrogen-bond acceptors (Lipinski definition) is 3. The number of rotatable bonds is 4. The van der Waals surface area contributed by atoms with Crippen molar-refractivity contribution in [3.8, 4) is 0 Å². The lowest BCUT2D eigenvalue weighted by Crippen LogP contribution is -2.51. The van der Waals surface area contributed by atoms with Crippen LogP contribution in [0, 0.1) is 0 Å². The summed E-state index contributed by atoms with van der Waals surface area (Å²) in [5, 5.41) is 0. The van der Waals surface area contributed by atoms with Gasteiger partial charge in [-0.2, -0.15) is 0 Å². The topological polar surface area (TPSA) is 23.6 Å². The van der Waals surface area contributed by atoms with Crippen LogP contribution >= 0.6 is 0 Å². The summed E-state index contributed by atoms with van der Waals surface area (Å²) >= 11 is 0. The summed E-state index contributed by atoms with van der Waals surface area (Å²) in [5.74, 6) is 0.303. The number of ketones is 1. The lowest BCUT2D eigenvalue weighted by atomic mass is 10.1. The van der Waals surface area contributed by atoms with Crippen LogP contribution in [0.1, 0.15) is 26.7 Å². The van der Waals surface area contributed by atoms with E-state index >= 15 is 0 Å². The molecule has 82 valence electrons. The first-order valence-corrected chi connectivity index (χ1v) is 5.55. The maximum atomic E-state index is 10.9. The van der Waals surface area contributed by atoms with Crippen molar-refractivity contribution in [2.75, 3.05) is 33.2 Å². The average Bonchev–Trinajstić information content (AvgIpc) is 2.16. The third-order valence-corrected chi connectivity index (χ3v) is 3.11. The first-order chi connectivity index (χ1) is 6.63. The van der Waals surface area contributed by atoms with E-state index in [0.29, 0.717) is 18.2 Å². The van der Waals surface area contributed by atoms with E-state index in [9.17, 15) is 4.79 Å². The van der Waals surface area contributed by atoms with E-state index in [1.807, 2.05) is 0 Å². The molecule has 3 nitrogen and oxygen atoms in total. The molecular formula is C11H22N2O. The Balaban J connectivity index is 2.31. The molecule has 0 aromatic rings. The van der Waals surface area contributed by atoms with Crippen molar-refractivity contribution in [1.29, 1.82) is 0 Å². The quantitative estimate of drug-likeness (QED) is 0.673. The maximum Gasteiger partial charge on any atom is 0.131 e. The Bertz CT molecular complexity index is 194. The van der Waals surface area contributed by atoms with Crippen molar-refractivity contribution in [3.63, 3.8) is 0 Å². The monoisotopic (exact) mass is 198 g/mol. The number of Topliss-reactive ketones (excluding diaryl/α,β-unsaturated/α-hetero) is 1. The average molecular weight is 198 g/mol. The summed E-state index contributed by atoms with van der Waals surface area (Å²) in [6, 6.07) is 0.677. The van der Waals surface area contributed by atoms with Crippen LogP contribution in [-0.4, -0.2) is 54.9 Å². The van der Waals surface area contributed by atoms with E-state index in [4.69, 9.17) is 0 Å². The van der Waals surface area contributed by atoms with Gasteiger partial charge in [-0.1, -0.05) is 6.92 Å². The van der Waals surface area contributed by atoms with Crippen LogP contribution in [0.3, 0.4) is 0 Å². The number of hydrogen-bond donors (Lipinski definition) is 0. The normalized spacial score (nSPS) is 25.2. The van der Waals surface area contributed by atoms with Gasteiger partial charge in [-0.3, -0.25) is 4.79 Å². The van der Waals surface area contributed by atoms with Gasteiger partial charge in [-0.15, -0.1) is 0 Å². The number of likely N-dealkylation sites (N-methyl/N-ethyl adjacent to an activating group) is 1. The summed E-state index contributed by atoms with van der Waals surface area (Å²) < 4.78 is 0. The fraction of sp³-hybridized carbons (Fsp3) is 0.909. The minimum absolute atomic E-state index is 0.303. The molecule has 1 saturated heterocycles. The highest BCUT2D eigenvalue weighted by atomic mass is 16.1. The summed E-state index contributed by atoms with van der Waals surface area (Å²) in [6.07, 6.45) is 1.91. The van der Waals surface area contributed by atoms with Crippen molar-refractivity contribution in [2.24, 2.45) is 0 Å².